The van der Waals surface area contributed by atoms with Crippen molar-refractivity contribution in [3.8, 4) is 73.5 Å². The van der Waals surface area contributed by atoms with E-state index in [0.717, 1.165) is 87.2 Å². The minimum Gasteiger partial charge on any atom is -0.292 e. The molecule has 0 unspecified atom stereocenters. The lowest BCUT2D eigenvalue weighted by molar-refractivity contribution is 1.08. The van der Waals surface area contributed by atoms with Gasteiger partial charge in [-0.05, 0) is 70.8 Å². The molecule has 0 fully saturated rings. The second kappa shape index (κ2) is 14.2. The van der Waals surface area contributed by atoms with Crippen molar-refractivity contribution in [3.63, 3.8) is 0 Å². The average molecular weight is 760 g/mol. The van der Waals surface area contributed by atoms with E-state index in [-0.39, 0.29) is 0 Å². The van der Waals surface area contributed by atoms with Crippen LogP contribution in [0.4, 0.5) is 0 Å². The molecule has 0 aliphatic rings. The molecule has 0 radical (unpaired) electrons. The maximum Gasteiger partial charge on any atom is 0.165 e. The van der Waals surface area contributed by atoms with Crippen molar-refractivity contribution in [2.75, 3.05) is 0 Å². The van der Waals surface area contributed by atoms with Crippen molar-refractivity contribution in [2.45, 2.75) is 0 Å². The van der Waals surface area contributed by atoms with Crippen LogP contribution >= 0.6 is 11.3 Å². The van der Waals surface area contributed by atoms with Gasteiger partial charge in [-0.3, -0.25) is 4.57 Å². The third-order valence-electron chi connectivity index (χ3n) is 10.7. The van der Waals surface area contributed by atoms with Crippen molar-refractivity contribution in [1.29, 1.82) is 0 Å². The Bertz CT molecular complexity index is 3270. The summed E-state index contributed by atoms with van der Waals surface area (Å²) in [6, 6.07) is 69.7. The van der Waals surface area contributed by atoms with Crippen molar-refractivity contribution in [3.05, 3.63) is 200 Å². The van der Waals surface area contributed by atoms with Crippen molar-refractivity contribution in [2.24, 2.45) is 0 Å². The van der Waals surface area contributed by atoms with Crippen LogP contribution in [0, 0.1) is 0 Å². The number of rotatable bonds is 7. The van der Waals surface area contributed by atoms with Gasteiger partial charge in [-0.1, -0.05) is 152 Å². The lowest BCUT2D eigenvalue weighted by Gasteiger charge is -2.12. The van der Waals surface area contributed by atoms with Crippen LogP contribution in [-0.2, 0) is 0 Å². The average Bonchev–Trinajstić information content (AvgIpc) is 3.89. The highest BCUT2D eigenvalue weighted by atomic mass is 32.1. The van der Waals surface area contributed by atoms with E-state index in [4.69, 9.17) is 19.9 Å². The van der Waals surface area contributed by atoms with Gasteiger partial charge < -0.3 is 0 Å². The summed E-state index contributed by atoms with van der Waals surface area (Å²) in [5, 5.41) is 2.31. The molecule has 0 N–H and O–H groups in total. The normalized spacial score (nSPS) is 11.4. The molecule has 0 saturated carbocycles. The Kier molecular flexibility index (Phi) is 8.26. The van der Waals surface area contributed by atoms with Crippen LogP contribution in [0.15, 0.2) is 200 Å². The molecule has 11 aromatic rings. The summed E-state index contributed by atoms with van der Waals surface area (Å²) < 4.78 is 4.56. The third kappa shape index (κ3) is 5.95. The molecule has 0 aliphatic heterocycles. The van der Waals surface area contributed by atoms with Crippen LogP contribution in [0.1, 0.15) is 0 Å². The molecule has 0 saturated heterocycles. The maximum atomic E-state index is 5.35. The summed E-state index contributed by atoms with van der Waals surface area (Å²) in [5.41, 5.74) is 11.5. The second-order valence-electron chi connectivity index (χ2n) is 14.3. The number of nitrogens with zero attached hydrogens (tertiary/aromatic N) is 5. The smallest absolute Gasteiger partial charge is 0.165 e. The van der Waals surface area contributed by atoms with Gasteiger partial charge in [0.05, 0.1) is 11.0 Å². The van der Waals surface area contributed by atoms with Gasteiger partial charge >= 0.3 is 0 Å². The quantitative estimate of drug-likeness (QED) is 0.162. The number of hydrogen-bond donors (Lipinski definition) is 0. The molecular weight excluding hydrogens is 727 g/mol. The summed E-state index contributed by atoms with van der Waals surface area (Å²) in [6.07, 6.45) is 0. The Balaban J connectivity index is 1.17. The third-order valence-corrected chi connectivity index (χ3v) is 11.9. The number of para-hydroxylation sites is 3. The van der Waals surface area contributed by atoms with Crippen LogP contribution in [0.3, 0.4) is 0 Å². The van der Waals surface area contributed by atoms with E-state index < -0.39 is 0 Å². The zero-order chi connectivity index (χ0) is 38.4. The number of hydrogen-bond acceptors (Lipinski definition) is 5. The Hall–Kier alpha value is -7.54. The Morgan fingerprint density at radius 2 is 0.897 bits per heavy atom. The summed E-state index contributed by atoms with van der Waals surface area (Å²) >= 11 is 1.77. The molecule has 272 valence electrons. The molecular formula is C52H33N5S. The number of imidazole rings is 1. The fourth-order valence-electron chi connectivity index (χ4n) is 7.89. The number of aromatic nitrogens is 5. The van der Waals surface area contributed by atoms with E-state index in [0.29, 0.717) is 17.5 Å². The van der Waals surface area contributed by atoms with Gasteiger partial charge in [-0.2, -0.15) is 0 Å². The first-order valence-corrected chi connectivity index (χ1v) is 20.1. The first kappa shape index (κ1) is 33.8. The van der Waals surface area contributed by atoms with E-state index in [2.05, 4.69) is 180 Å². The van der Waals surface area contributed by atoms with Gasteiger partial charge in [-0.15, -0.1) is 11.3 Å². The molecule has 0 spiro atoms. The molecule has 11 rings (SSSR count). The SMILES string of the molecule is c1ccc(-c2cccc(-c3nc(-c4ccccc4)nc(-c4cccc5c4sc4c(-c6nc7ccccc7n6-c6ccccc6)cc(-c6ccccc6)cc45)n3)c2)cc1. The first-order chi connectivity index (χ1) is 28.7. The van der Waals surface area contributed by atoms with Crippen LogP contribution in [0.2, 0.25) is 0 Å². The highest BCUT2D eigenvalue weighted by molar-refractivity contribution is 7.26. The van der Waals surface area contributed by atoms with Gasteiger partial charge in [0.15, 0.2) is 17.5 Å². The lowest BCUT2D eigenvalue weighted by Crippen LogP contribution is -2.00. The van der Waals surface area contributed by atoms with E-state index in [1.165, 1.54) is 0 Å². The van der Waals surface area contributed by atoms with E-state index in [1.807, 2.05) is 24.3 Å². The molecule has 5 nitrogen and oxygen atoms in total. The fraction of sp³-hybridized carbons (Fsp3) is 0. The van der Waals surface area contributed by atoms with Gasteiger partial charge in [0.25, 0.3) is 0 Å². The zero-order valence-electron chi connectivity index (χ0n) is 31.2. The van der Waals surface area contributed by atoms with E-state index in [1.54, 1.807) is 11.3 Å². The minimum atomic E-state index is 0.628. The Morgan fingerprint density at radius 3 is 1.64 bits per heavy atom. The first-order valence-electron chi connectivity index (χ1n) is 19.3. The highest BCUT2D eigenvalue weighted by Crippen LogP contribution is 2.46. The molecule has 3 aromatic heterocycles. The molecule has 3 heterocycles. The highest BCUT2D eigenvalue weighted by Gasteiger charge is 2.22. The van der Waals surface area contributed by atoms with Crippen LogP contribution in [0.25, 0.3) is 105 Å². The zero-order valence-corrected chi connectivity index (χ0v) is 32.0. The maximum absolute atomic E-state index is 5.35. The van der Waals surface area contributed by atoms with Crippen molar-refractivity contribution >= 4 is 42.5 Å². The van der Waals surface area contributed by atoms with Crippen LogP contribution < -0.4 is 0 Å². The summed E-state index contributed by atoms with van der Waals surface area (Å²) in [5.74, 6) is 2.79. The Morgan fingerprint density at radius 1 is 0.345 bits per heavy atom. The topological polar surface area (TPSA) is 56.5 Å². The van der Waals surface area contributed by atoms with Gasteiger partial charge in [0, 0.05) is 48.1 Å². The molecule has 0 atom stereocenters. The Labute approximate surface area is 339 Å². The van der Waals surface area contributed by atoms with Crippen molar-refractivity contribution in [1.82, 2.24) is 24.5 Å². The molecule has 0 amide bonds. The molecule has 58 heavy (non-hydrogen) atoms. The largest absolute Gasteiger partial charge is 0.292 e. The van der Waals surface area contributed by atoms with Gasteiger partial charge in [-0.25, -0.2) is 19.9 Å². The van der Waals surface area contributed by atoms with Crippen molar-refractivity contribution < 1.29 is 0 Å². The minimum absolute atomic E-state index is 0.628. The van der Waals surface area contributed by atoms with Crippen LogP contribution in [-0.4, -0.2) is 24.5 Å². The second-order valence-corrected chi connectivity index (χ2v) is 15.3. The molecule has 8 aromatic carbocycles. The number of thiophene rings is 1. The molecule has 0 bridgehead atoms. The van der Waals surface area contributed by atoms with Gasteiger partial charge in [0.1, 0.15) is 5.82 Å². The fourth-order valence-corrected chi connectivity index (χ4v) is 9.20. The predicted molar refractivity (Wildman–Crippen MR) is 240 cm³/mol. The summed E-state index contributed by atoms with van der Waals surface area (Å²) in [6.45, 7) is 0. The molecule has 6 heteroatoms. The van der Waals surface area contributed by atoms with Crippen LogP contribution in [0.5, 0.6) is 0 Å². The standard InChI is InChI=1S/C52H33N5S/c1-5-17-34(18-6-1)37-23-15-24-38(31-37)50-54-49(36-21-9-3-10-22-36)55-51(56-50)42-28-16-27-41-43-32-39(35-19-7-2-8-20-35)33-44(48(43)58-47(41)42)52-53-45-29-13-14-30-46(45)57(52)40-25-11-4-12-26-40/h1-33H. The number of fused-ring (bicyclic) bond motifs is 4. The summed E-state index contributed by atoms with van der Waals surface area (Å²) in [7, 11) is 0. The van der Waals surface area contributed by atoms with Gasteiger partial charge in [0.2, 0.25) is 0 Å². The number of benzene rings is 8. The monoisotopic (exact) mass is 759 g/mol. The lowest BCUT2D eigenvalue weighted by atomic mass is 9.98. The van der Waals surface area contributed by atoms with E-state index in [9.17, 15) is 0 Å². The van der Waals surface area contributed by atoms with E-state index >= 15 is 0 Å². The predicted octanol–water partition coefficient (Wildman–Crippen LogP) is 13.6. The molecule has 0 aliphatic carbocycles. The summed E-state index contributed by atoms with van der Waals surface area (Å²) in [4.78, 5) is 20.9.